The molecule has 0 atom stereocenters. The SMILES string of the molecule is Cc1ccc(NC(=O)Cn2nc(C(F)F)cc2C2CC2)c(OC(F)F)c1. The van der Waals surface area contributed by atoms with Crippen LogP contribution in [-0.2, 0) is 11.3 Å². The van der Waals surface area contributed by atoms with E-state index in [2.05, 4.69) is 15.2 Å². The van der Waals surface area contributed by atoms with Crippen LogP contribution in [0.15, 0.2) is 24.3 Å². The number of hydrogen-bond acceptors (Lipinski definition) is 3. The Labute approximate surface area is 146 Å². The van der Waals surface area contributed by atoms with Crippen LogP contribution >= 0.6 is 0 Å². The van der Waals surface area contributed by atoms with Crippen molar-refractivity contribution < 1.29 is 27.1 Å². The van der Waals surface area contributed by atoms with Gasteiger partial charge in [0.25, 0.3) is 6.43 Å². The summed E-state index contributed by atoms with van der Waals surface area (Å²) in [5.74, 6) is -0.608. The third kappa shape index (κ3) is 4.33. The van der Waals surface area contributed by atoms with E-state index < -0.39 is 18.9 Å². The summed E-state index contributed by atoms with van der Waals surface area (Å²) < 4.78 is 56.5. The highest BCUT2D eigenvalue weighted by atomic mass is 19.3. The van der Waals surface area contributed by atoms with Crippen LogP contribution in [0.3, 0.4) is 0 Å². The van der Waals surface area contributed by atoms with Crippen molar-refractivity contribution in [3.63, 3.8) is 0 Å². The maximum atomic E-state index is 12.9. The predicted molar refractivity (Wildman–Crippen MR) is 85.6 cm³/mol. The van der Waals surface area contributed by atoms with Crippen molar-refractivity contribution in [3.8, 4) is 5.75 Å². The Balaban J connectivity index is 1.75. The molecule has 1 N–H and O–H groups in total. The lowest BCUT2D eigenvalue weighted by atomic mass is 10.2. The van der Waals surface area contributed by atoms with Crippen LogP contribution in [-0.4, -0.2) is 22.3 Å². The van der Waals surface area contributed by atoms with Gasteiger partial charge in [0.15, 0.2) is 0 Å². The molecule has 0 unspecified atom stereocenters. The molecule has 1 saturated carbocycles. The topological polar surface area (TPSA) is 56.2 Å². The van der Waals surface area contributed by atoms with E-state index in [9.17, 15) is 22.4 Å². The van der Waals surface area contributed by atoms with Gasteiger partial charge in [-0.2, -0.15) is 13.9 Å². The van der Waals surface area contributed by atoms with Crippen LogP contribution < -0.4 is 10.1 Å². The number of hydrogen-bond donors (Lipinski definition) is 1. The number of ether oxygens (including phenoxy) is 1. The minimum atomic E-state index is -3.03. The maximum Gasteiger partial charge on any atom is 0.387 e. The normalized spacial score (nSPS) is 14.1. The summed E-state index contributed by atoms with van der Waals surface area (Å²) in [5.41, 5.74) is 0.971. The lowest BCUT2D eigenvalue weighted by Crippen LogP contribution is -2.21. The first-order valence-electron chi connectivity index (χ1n) is 8.04. The smallest absolute Gasteiger partial charge is 0.387 e. The number of alkyl halides is 4. The summed E-state index contributed by atoms with van der Waals surface area (Å²) in [6.07, 6.45) is -0.999. The number of carbonyl (C=O) groups excluding carboxylic acids is 1. The molecule has 9 heteroatoms. The number of nitrogens with one attached hydrogen (secondary N) is 1. The van der Waals surface area contributed by atoms with Crippen LogP contribution in [0.2, 0.25) is 0 Å². The summed E-state index contributed by atoms with van der Waals surface area (Å²) >= 11 is 0. The fraction of sp³-hybridized carbons (Fsp3) is 0.412. The van der Waals surface area contributed by atoms with Gasteiger partial charge in [0, 0.05) is 11.6 Å². The summed E-state index contributed by atoms with van der Waals surface area (Å²) in [4.78, 5) is 12.3. The van der Waals surface area contributed by atoms with Crippen LogP contribution in [0.1, 0.15) is 42.1 Å². The quantitative estimate of drug-likeness (QED) is 0.741. The van der Waals surface area contributed by atoms with E-state index in [4.69, 9.17) is 0 Å². The molecule has 2 aromatic rings. The molecule has 1 aliphatic carbocycles. The molecule has 140 valence electrons. The fourth-order valence-electron chi connectivity index (χ4n) is 2.65. The number of amides is 1. The number of carbonyl (C=O) groups is 1. The third-order valence-electron chi connectivity index (χ3n) is 3.97. The van der Waals surface area contributed by atoms with Gasteiger partial charge in [0.2, 0.25) is 5.91 Å². The molecular formula is C17H17F4N3O2. The zero-order chi connectivity index (χ0) is 18.8. The monoisotopic (exact) mass is 371 g/mol. The van der Waals surface area contributed by atoms with Gasteiger partial charge in [-0.25, -0.2) is 8.78 Å². The first kappa shape index (κ1) is 18.2. The first-order valence-corrected chi connectivity index (χ1v) is 8.04. The number of nitrogens with zero attached hydrogens (tertiary/aromatic N) is 2. The van der Waals surface area contributed by atoms with Crippen molar-refractivity contribution in [2.75, 3.05) is 5.32 Å². The zero-order valence-electron chi connectivity index (χ0n) is 13.9. The molecule has 1 aromatic carbocycles. The molecule has 0 saturated heterocycles. The summed E-state index contributed by atoms with van der Waals surface area (Å²) in [6, 6.07) is 5.76. The van der Waals surface area contributed by atoms with E-state index >= 15 is 0 Å². The second-order valence-electron chi connectivity index (χ2n) is 6.15. The van der Waals surface area contributed by atoms with Crippen molar-refractivity contribution in [1.82, 2.24) is 9.78 Å². The molecule has 1 fully saturated rings. The van der Waals surface area contributed by atoms with Gasteiger partial charge >= 0.3 is 6.61 Å². The molecule has 0 spiro atoms. The summed E-state index contributed by atoms with van der Waals surface area (Å²) in [6.45, 7) is -1.63. The fourth-order valence-corrected chi connectivity index (χ4v) is 2.65. The zero-order valence-corrected chi connectivity index (χ0v) is 13.9. The van der Waals surface area contributed by atoms with Crippen molar-refractivity contribution in [1.29, 1.82) is 0 Å². The molecule has 0 aliphatic heterocycles. The molecule has 26 heavy (non-hydrogen) atoms. The highest BCUT2D eigenvalue weighted by molar-refractivity contribution is 5.92. The highest BCUT2D eigenvalue weighted by Crippen LogP contribution is 2.41. The van der Waals surface area contributed by atoms with E-state index in [1.165, 1.54) is 22.9 Å². The average molecular weight is 371 g/mol. The standard InChI is InChI=1S/C17H17F4N3O2/c1-9-2-5-11(14(6-9)26-17(20)21)22-15(25)8-24-13(10-3-4-10)7-12(23-24)16(18)19/h2,5-7,10,16-17H,3-4,8H2,1H3,(H,22,25). The summed E-state index contributed by atoms with van der Waals surface area (Å²) in [5, 5.41) is 6.26. The number of benzene rings is 1. The number of aromatic nitrogens is 2. The van der Waals surface area contributed by atoms with E-state index in [0.29, 0.717) is 11.3 Å². The molecule has 3 rings (SSSR count). The van der Waals surface area contributed by atoms with Crippen molar-refractivity contribution in [2.24, 2.45) is 0 Å². The van der Waals surface area contributed by atoms with Crippen molar-refractivity contribution in [2.45, 2.75) is 45.3 Å². The van der Waals surface area contributed by atoms with Crippen molar-refractivity contribution in [3.05, 3.63) is 41.2 Å². The second kappa shape index (κ2) is 7.35. The van der Waals surface area contributed by atoms with E-state index in [0.717, 1.165) is 12.8 Å². The Morgan fingerprint density at radius 1 is 1.31 bits per heavy atom. The number of anilines is 1. The Morgan fingerprint density at radius 3 is 2.65 bits per heavy atom. The first-order chi connectivity index (χ1) is 12.3. The van der Waals surface area contributed by atoms with Crippen LogP contribution in [0.25, 0.3) is 0 Å². The Bertz CT molecular complexity index is 803. The number of rotatable bonds is 7. The Hall–Kier alpha value is -2.58. The molecule has 1 heterocycles. The highest BCUT2D eigenvalue weighted by Gasteiger charge is 2.30. The largest absolute Gasteiger partial charge is 0.433 e. The predicted octanol–water partition coefficient (Wildman–Crippen LogP) is 4.25. The second-order valence-corrected chi connectivity index (χ2v) is 6.15. The molecule has 1 amide bonds. The van der Waals surface area contributed by atoms with Gasteiger partial charge < -0.3 is 10.1 Å². The lowest BCUT2D eigenvalue weighted by molar-refractivity contribution is -0.117. The minimum absolute atomic E-state index is 0.0788. The van der Waals surface area contributed by atoms with Crippen LogP contribution in [0.5, 0.6) is 5.75 Å². The molecule has 1 aromatic heterocycles. The maximum absolute atomic E-state index is 12.9. The van der Waals surface area contributed by atoms with Gasteiger partial charge in [-0.3, -0.25) is 9.48 Å². The van der Waals surface area contributed by atoms with Gasteiger partial charge in [-0.1, -0.05) is 6.07 Å². The van der Waals surface area contributed by atoms with E-state index in [1.807, 2.05) is 0 Å². The Morgan fingerprint density at radius 2 is 2.04 bits per heavy atom. The molecule has 1 aliphatic rings. The van der Waals surface area contributed by atoms with Crippen molar-refractivity contribution >= 4 is 11.6 Å². The van der Waals surface area contributed by atoms with E-state index in [-0.39, 0.29) is 29.6 Å². The lowest BCUT2D eigenvalue weighted by Gasteiger charge is -2.13. The van der Waals surface area contributed by atoms with E-state index in [1.54, 1.807) is 13.0 Å². The van der Waals surface area contributed by atoms with Gasteiger partial charge in [0.1, 0.15) is 18.0 Å². The number of aryl methyl sites for hydroxylation is 1. The molecule has 0 bridgehead atoms. The van der Waals surface area contributed by atoms with Gasteiger partial charge in [-0.05, 0) is 43.5 Å². The van der Waals surface area contributed by atoms with Gasteiger partial charge in [-0.15, -0.1) is 0 Å². The molecule has 5 nitrogen and oxygen atoms in total. The molecular weight excluding hydrogens is 354 g/mol. The van der Waals surface area contributed by atoms with Crippen LogP contribution in [0, 0.1) is 6.92 Å². The van der Waals surface area contributed by atoms with Crippen LogP contribution in [0.4, 0.5) is 23.2 Å². The minimum Gasteiger partial charge on any atom is -0.433 e. The summed E-state index contributed by atoms with van der Waals surface area (Å²) in [7, 11) is 0. The third-order valence-corrected chi connectivity index (χ3v) is 3.97. The van der Waals surface area contributed by atoms with Gasteiger partial charge in [0.05, 0.1) is 5.69 Å². The molecule has 0 radical (unpaired) electrons. The average Bonchev–Trinajstić information content (AvgIpc) is 3.30. The number of halogens is 4. The Kier molecular flexibility index (Phi) is 5.15.